The van der Waals surface area contributed by atoms with Crippen LogP contribution in [0.4, 0.5) is 0 Å². The number of hydrogen-bond acceptors (Lipinski definition) is 0. The first-order valence-corrected chi connectivity index (χ1v) is 8.48. The molecule has 0 heteroatoms. The van der Waals surface area contributed by atoms with Gasteiger partial charge in [0, 0.05) is 0 Å². The minimum Gasteiger partial charge on any atom is -0.0622 e. The molecule has 0 nitrogen and oxygen atoms in total. The summed E-state index contributed by atoms with van der Waals surface area (Å²) in [4.78, 5) is 0. The van der Waals surface area contributed by atoms with Gasteiger partial charge < -0.3 is 0 Å². The van der Waals surface area contributed by atoms with E-state index in [0.717, 1.165) is 17.8 Å². The molecule has 2 saturated carbocycles. The summed E-state index contributed by atoms with van der Waals surface area (Å²) in [6.07, 6.45) is 14.9. The topological polar surface area (TPSA) is 0 Å². The van der Waals surface area contributed by atoms with Crippen LogP contribution < -0.4 is 0 Å². The minimum absolute atomic E-state index is 0.850. The van der Waals surface area contributed by atoms with Gasteiger partial charge >= 0.3 is 0 Å². The zero-order chi connectivity index (χ0) is 12.9. The predicted octanol–water partition coefficient (Wildman–Crippen LogP) is 5.93. The lowest BCUT2D eigenvalue weighted by Crippen LogP contribution is -2.21. The molecule has 0 aliphatic heterocycles. The van der Waals surface area contributed by atoms with Gasteiger partial charge in [-0.05, 0) is 36.2 Å². The highest BCUT2D eigenvalue weighted by molar-refractivity contribution is 5.20. The lowest BCUT2D eigenvalue weighted by atomic mass is 9.71. The Bertz CT molecular complexity index is 359. The third-order valence-corrected chi connectivity index (χ3v) is 5.55. The van der Waals surface area contributed by atoms with Gasteiger partial charge in [-0.2, -0.15) is 0 Å². The zero-order valence-electron chi connectivity index (χ0n) is 12.2. The van der Waals surface area contributed by atoms with Crippen LogP contribution in [0.3, 0.4) is 0 Å². The smallest absolute Gasteiger partial charge is 0.0159 e. The Balaban J connectivity index is 1.64. The van der Waals surface area contributed by atoms with Crippen LogP contribution in [0.15, 0.2) is 30.3 Å². The second-order valence-corrected chi connectivity index (χ2v) is 6.79. The first kappa shape index (κ1) is 13.2. The molecule has 2 atom stereocenters. The highest BCUT2D eigenvalue weighted by Crippen LogP contribution is 2.43. The lowest BCUT2D eigenvalue weighted by molar-refractivity contribution is 0.209. The van der Waals surface area contributed by atoms with E-state index in [4.69, 9.17) is 0 Å². The van der Waals surface area contributed by atoms with Gasteiger partial charge in [0.1, 0.15) is 0 Å². The normalized spacial score (nSPS) is 29.9. The van der Waals surface area contributed by atoms with E-state index >= 15 is 0 Å². The highest BCUT2D eigenvalue weighted by Gasteiger charge is 2.29. The van der Waals surface area contributed by atoms with E-state index in [2.05, 4.69) is 30.3 Å². The van der Waals surface area contributed by atoms with Gasteiger partial charge in [0.15, 0.2) is 0 Å². The van der Waals surface area contributed by atoms with Crippen molar-refractivity contribution < 1.29 is 0 Å². The van der Waals surface area contributed by atoms with Crippen LogP contribution in [0.25, 0.3) is 0 Å². The standard InChI is InChI=1S/C19H28/c1-2-5-10-16(9-4-1)18-13-8-14-19(15-18)17-11-6-3-7-12-17/h3,6-7,11-12,16,18-19H,1-2,4-5,8-10,13-15H2. The summed E-state index contributed by atoms with van der Waals surface area (Å²) in [6.45, 7) is 0. The number of rotatable bonds is 2. The van der Waals surface area contributed by atoms with Crippen LogP contribution >= 0.6 is 0 Å². The number of hydrogen-bond donors (Lipinski definition) is 0. The average Bonchev–Trinajstić information content (AvgIpc) is 2.77. The number of benzene rings is 1. The fourth-order valence-corrected chi connectivity index (χ4v) is 4.47. The maximum atomic E-state index is 2.35. The Hall–Kier alpha value is -0.780. The van der Waals surface area contributed by atoms with Gasteiger partial charge in [-0.25, -0.2) is 0 Å². The van der Waals surface area contributed by atoms with Gasteiger partial charge in [-0.1, -0.05) is 81.7 Å². The maximum Gasteiger partial charge on any atom is -0.0159 e. The van der Waals surface area contributed by atoms with Crippen molar-refractivity contribution in [3.8, 4) is 0 Å². The van der Waals surface area contributed by atoms with Crippen molar-refractivity contribution in [1.29, 1.82) is 0 Å². The molecule has 0 spiro atoms. The monoisotopic (exact) mass is 256 g/mol. The third kappa shape index (κ3) is 3.41. The zero-order valence-corrected chi connectivity index (χ0v) is 12.2. The van der Waals surface area contributed by atoms with E-state index in [1.54, 1.807) is 5.56 Å². The van der Waals surface area contributed by atoms with Gasteiger partial charge in [0.2, 0.25) is 0 Å². The van der Waals surface area contributed by atoms with E-state index < -0.39 is 0 Å². The molecule has 2 fully saturated rings. The van der Waals surface area contributed by atoms with Crippen molar-refractivity contribution in [2.24, 2.45) is 11.8 Å². The SMILES string of the molecule is c1ccc(C2CCCC(C3CCCCCC3)C2)cc1. The van der Waals surface area contributed by atoms with E-state index in [1.165, 1.54) is 64.2 Å². The van der Waals surface area contributed by atoms with Gasteiger partial charge in [-0.3, -0.25) is 0 Å². The summed E-state index contributed by atoms with van der Waals surface area (Å²) in [5, 5.41) is 0. The summed E-state index contributed by atoms with van der Waals surface area (Å²) >= 11 is 0. The molecule has 0 saturated heterocycles. The van der Waals surface area contributed by atoms with Crippen molar-refractivity contribution in [3.63, 3.8) is 0 Å². The van der Waals surface area contributed by atoms with E-state index in [9.17, 15) is 0 Å². The molecule has 3 rings (SSSR count). The van der Waals surface area contributed by atoms with E-state index in [-0.39, 0.29) is 0 Å². The molecule has 2 aliphatic rings. The minimum atomic E-state index is 0.850. The molecular formula is C19H28. The van der Waals surface area contributed by atoms with Crippen LogP contribution in [-0.2, 0) is 0 Å². The summed E-state index contributed by atoms with van der Waals surface area (Å²) in [6, 6.07) is 11.3. The first-order chi connectivity index (χ1) is 9.43. The molecule has 1 aromatic carbocycles. The Kier molecular flexibility index (Phi) is 4.58. The average molecular weight is 256 g/mol. The van der Waals surface area contributed by atoms with E-state index in [1.807, 2.05) is 0 Å². The molecular weight excluding hydrogens is 228 g/mol. The molecule has 1 aromatic rings. The van der Waals surface area contributed by atoms with Crippen molar-refractivity contribution in [2.45, 2.75) is 70.1 Å². The second-order valence-electron chi connectivity index (χ2n) is 6.79. The van der Waals surface area contributed by atoms with Crippen LogP contribution in [0.2, 0.25) is 0 Å². The van der Waals surface area contributed by atoms with Gasteiger partial charge in [0.25, 0.3) is 0 Å². The maximum absolute atomic E-state index is 2.35. The molecule has 0 aromatic heterocycles. The summed E-state index contributed by atoms with van der Waals surface area (Å²) in [7, 11) is 0. The van der Waals surface area contributed by atoms with Crippen LogP contribution in [0.5, 0.6) is 0 Å². The fraction of sp³-hybridized carbons (Fsp3) is 0.684. The third-order valence-electron chi connectivity index (χ3n) is 5.55. The highest BCUT2D eigenvalue weighted by atomic mass is 14.3. The second kappa shape index (κ2) is 6.59. The van der Waals surface area contributed by atoms with Crippen molar-refractivity contribution in [2.75, 3.05) is 0 Å². The summed E-state index contributed by atoms with van der Waals surface area (Å²) < 4.78 is 0. The Labute approximate surface area is 118 Å². The van der Waals surface area contributed by atoms with Crippen LogP contribution in [0, 0.1) is 11.8 Å². The Morgan fingerprint density at radius 2 is 1.32 bits per heavy atom. The van der Waals surface area contributed by atoms with E-state index in [0.29, 0.717) is 0 Å². The molecule has 0 amide bonds. The van der Waals surface area contributed by atoms with Crippen molar-refractivity contribution >= 4 is 0 Å². The summed E-state index contributed by atoms with van der Waals surface area (Å²) in [5.74, 6) is 2.93. The molecule has 2 aliphatic carbocycles. The molecule has 0 radical (unpaired) electrons. The first-order valence-electron chi connectivity index (χ1n) is 8.48. The van der Waals surface area contributed by atoms with Gasteiger partial charge in [0.05, 0.1) is 0 Å². The molecule has 0 bridgehead atoms. The molecule has 0 heterocycles. The lowest BCUT2D eigenvalue weighted by Gasteiger charge is -2.34. The Morgan fingerprint density at radius 3 is 2.05 bits per heavy atom. The van der Waals surface area contributed by atoms with Crippen LogP contribution in [0.1, 0.15) is 75.7 Å². The van der Waals surface area contributed by atoms with Crippen LogP contribution in [-0.4, -0.2) is 0 Å². The predicted molar refractivity (Wildman–Crippen MR) is 82.3 cm³/mol. The van der Waals surface area contributed by atoms with Crippen molar-refractivity contribution in [1.82, 2.24) is 0 Å². The molecule has 104 valence electrons. The van der Waals surface area contributed by atoms with Gasteiger partial charge in [-0.15, -0.1) is 0 Å². The van der Waals surface area contributed by atoms with Crippen molar-refractivity contribution in [3.05, 3.63) is 35.9 Å². The molecule has 19 heavy (non-hydrogen) atoms. The summed E-state index contributed by atoms with van der Waals surface area (Å²) in [5.41, 5.74) is 1.60. The quantitative estimate of drug-likeness (QED) is 0.575. The largest absolute Gasteiger partial charge is 0.0622 e. The molecule has 2 unspecified atom stereocenters. The molecule has 0 N–H and O–H groups in total. The fourth-order valence-electron chi connectivity index (χ4n) is 4.47. The Morgan fingerprint density at radius 1 is 0.632 bits per heavy atom.